The first-order valence-electron chi connectivity index (χ1n) is 6.39. The van der Waals surface area contributed by atoms with Crippen LogP contribution < -0.4 is 0 Å². The Morgan fingerprint density at radius 1 is 1.31 bits per heavy atom. The largest absolute Gasteiger partial charge is 0.379 e. The topological polar surface area (TPSA) is 29.5 Å². The van der Waals surface area contributed by atoms with Gasteiger partial charge in [0.1, 0.15) is 5.78 Å². The van der Waals surface area contributed by atoms with Gasteiger partial charge in [0.05, 0.1) is 13.2 Å². The van der Waals surface area contributed by atoms with Gasteiger partial charge in [-0.1, -0.05) is 27.2 Å². The summed E-state index contributed by atoms with van der Waals surface area (Å²) in [4.78, 5) is 14.4. The lowest BCUT2D eigenvalue weighted by molar-refractivity contribution is -0.128. The Morgan fingerprint density at radius 2 is 1.94 bits per heavy atom. The number of ether oxygens (including phenoxy) is 1. The summed E-state index contributed by atoms with van der Waals surface area (Å²) in [6.07, 6.45) is 2.76. The number of carbonyl (C=O) groups is 1. The summed E-state index contributed by atoms with van der Waals surface area (Å²) in [5.41, 5.74) is -0.138. The molecule has 3 heteroatoms. The van der Waals surface area contributed by atoms with Gasteiger partial charge in [-0.25, -0.2) is 0 Å². The Kier molecular flexibility index (Phi) is 5.42. The van der Waals surface area contributed by atoms with Crippen molar-refractivity contribution in [3.05, 3.63) is 0 Å². The standard InChI is InChI=1S/C13H25NO2/c1-4-6-13(2,3)12(15)5-7-14-8-10-16-11-9-14/h4-11H2,1-3H3. The van der Waals surface area contributed by atoms with E-state index >= 15 is 0 Å². The van der Waals surface area contributed by atoms with E-state index in [-0.39, 0.29) is 5.41 Å². The Morgan fingerprint density at radius 3 is 2.50 bits per heavy atom. The zero-order valence-corrected chi connectivity index (χ0v) is 10.9. The predicted octanol–water partition coefficient (Wildman–Crippen LogP) is 2.10. The van der Waals surface area contributed by atoms with E-state index < -0.39 is 0 Å². The molecule has 16 heavy (non-hydrogen) atoms. The maximum absolute atomic E-state index is 12.0. The van der Waals surface area contributed by atoms with Crippen molar-refractivity contribution < 1.29 is 9.53 Å². The van der Waals surface area contributed by atoms with Crippen molar-refractivity contribution in [2.24, 2.45) is 5.41 Å². The Bertz CT molecular complexity index is 220. The van der Waals surface area contributed by atoms with E-state index in [2.05, 4.69) is 25.7 Å². The molecule has 3 nitrogen and oxygen atoms in total. The smallest absolute Gasteiger partial charge is 0.139 e. The van der Waals surface area contributed by atoms with Gasteiger partial charge in [-0.15, -0.1) is 0 Å². The molecule has 0 N–H and O–H groups in total. The van der Waals surface area contributed by atoms with E-state index in [0.29, 0.717) is 12.2 Å². The second kappa shape index (κ2) is 6.36. The summed E-state index contributed by atoms with van der Waals surface area (Å²) >= 11 is 0. The fourth-order valence-corrected chi connectivity index (χ4v) is 2.19. The third kappa shape index (κ3) is 4.22. The molecule has 0 bridgehead atoms. The zero-order chi connectivity index (χ0) is 12.0. The van der Waals surface area contributed by atoms with Gasteiger partial charge in [0.15, 0.2) is 0 Å². The minimum atomic E-state index is -0.138. The molecule has 0 atom stereocenters. The molecule has 1 heterocycles. The van der Waals surface area contributed by atoms with Crippen molar-refractivity contribution in [2.45, 2.75) is 40.0 Å². The number of hydrogen-bond acceptors (Lipinski definition) is 3. The second-order valence-corrected chi connectivity index (χ2v) is 5.26. The van der Waals surface area contributed by atoms with E-state index in [1.165, 1.54) is 0 Å². The number of nitrogens with zero attached hydrogens (tertiary/aromatic N) is 1. The van der Waals surface area contributed by atoms with Crippen LogP contribution in [0, 0.1) is 5.41 Å². The molecule has 1 rings (SSSR count). The lowest BCUT2D eigenvalue weighted by Crippen LogP contribution is -2.38. The molecule has 1 saturated heterocycles. The molecule has 0 aliphatic carbocycles. The van der Waals surface area contributed by atoms with Gasteiger partial charge in [-0.2, -0.15) is 0 Å². The fraction of sp³-hybridized carbons (Fsp3) is 0.923. The summed E-state index contributed by atoms with van der Waals surface area (Å²) in [5.74, 6) is 0.404. The van der Waals surface area contributed by atoms with Crippen LogP contribution in [0.5, 0.6) is 0 Å². The number of ketones is 1. The molecule has 0 spiro atoms. The van der Waals surface area contributed by atoms with Gasteiger partial charge in [0.25, 0.3) is 0 Å². The highest BCUT2D eigenvalue weighted by molar-refractivity contribution is 5.84. The van der Waals surface area contributed by atoms with Gasteiger partial charge in [0, 0.05) is 31.5 Å². The first-order chi connectivity index (χ1) is 7.56. The summed E-state index contributed by atoms with van der Waals surface area (Å²) in [6, 6.07) is 0. The number of carbonyl (C=O) groups excluding carboxylic acids is 1. The Balaban J connectivity index is 2.28. The third-order valence-corrected chi connectivity index (χ3v) is 3.39. The van der Waals surface area contributed by atoms with Gasteiger partial charge >= 0.3 is 0 Å². The van der Waals surface area contributed by atoms with Crippen molar-refractivity contribution in [1.82, 2.24) is 4.90 Å². The van der Waals surface area contributed by atoms with Crippen LogP contribution >= 0.6 is 0 Å². The van der Waals surface area contributed by atoms with Crippen LogP contribution in [0.25, 0.3) is 0 Å². The minimum absolute atomic E-state index is 0.138. The maximum Gasteiger partial charge on any atom is 0.139 e. The van der Waals surface area contributed by atoms with Gasteiger partial charge in [-0.3, -0.25) is 9.69 Å². The molecule has 0 radical (unpaired) electrons. The van der Waals surface area contributed by atoms with Crippen molar-refractivity contribution >= 4 is 5.78 Å². The van der Waals surface area contributed by atoms with E-state index in [4.69, 9.17) is 4.74 Å². The molecule has 94 valence electrons. The molecule has 1 aliphatic rings. The fourth-order valence-electron chi connectivity index (χ4n) is 2.19. The molecule has 1 aliphatic heterocycles. The number of hydrogen-bond donors (Lipinski definition) is 0. The van der Waals surface area contributed by atoms with Crippen LogP contribution in [-0.4, -0.2) is 43.5 Å². The van der Waals surface area contributed by atoms with Crippen LogP contribution in [0.1, 0.15) is 40.0 Å². The van der Waals surface area contributed by atoms with E-state index in [0.717, 1.165) is 45.7 Å². The predicted molar refractivity (Wildman–Crippen MR) is 65.6 cm³/mol. The number of morpholine rings is 1. The highest BCUT2D eigenvalue weighted by Gasteiger charge is 2.26. The highest BCUT2D eigenvalue weighted by atomic mass is 16.5. The van der Waals surface area contributed by atoms with Crippen molar-refractivity contribution in [2.75, 3.05) is 32.8 Å². The Hall–Kier alpha value is -0.410. The first-order valence-corrected chi connectivity index (χ1v) is 6.39. The van der Waals surface area contributed by atoms with Crippen LogP contribution in [0.2, 0.25) is 0 Å². The van der Waals surface area contributed by atoms with Crippen LogP contribution in [0.3, 0.4) is 0 Å². The van der Waals surface area contributed by atoms with E-state index in [1.54, 1.807) is 0 Å². The number of Topliss-reactive ketones (excluding diaryl/α,β-unsaturated/α-hetero) is 1. The maximum atomic E-state index is 12.0. The summed E-state index contributed by atoms with van der Waals surface area (Å²) in [7, 11) is 0. The van der Waals surface area contributed by atoms with Gasteiger partial charge in [0.2, 0.25) is 0 Å². The van der Waals surface area contributed by atoms with Crippen molar-refractivity contribution in [1.29, 1.82) is 0 Å². The van der Waals surface area contributed by atoms with Gasteiger partial charge in [-0.05, 0) is 6.42 Å². The van der Waals surface area contributed by atoms with Crippen molar-refractivity contribution in [3.8, 4) is 0 Å². The molecule has 0 saturated carbocycles. The molecule has 0 unspecified atom stereocenters. The summed E-state index contributed by atoms with van der Waals surface area (Å²) in [5, 5.41) is 0. The quantitative estimate of drug-likeness (QED) is 0.696. The SMILES string of the molecule is CCCC(C)(C)C(=O)CCN1CCOCC1. The summed E-state index contributed by atoms with van der Waals surface area (Å²) < 4.78 is 5.29. The Labute approximate surface area is 99.1 Å². The number of rotatable bonds is 6. The second-order valence-electron chi connectivity index (χ2n) is 5.26. The molecule has 0 aromatic rings. The lowest BCUT2D eigenvalue weighted by Gasteiger charge is -2.28. The van der Waals surface area contributed by atoms with Crippen LogP contribution in [-0.2, 0) is 9.53 Å². The first kappa shape index (κ1) is 13.7. The minimum Gasteiger partial charge on any atom is -0.379 e. The highest BCUT2D eigenvalue weighted by Crippen LogP contribution is 2.24. The summed E-state index contributed by atoms with van der Waals surface area (Å²) in [6.45, 7) is 10.7. The van der Waals surface area contributed by atoms with Crippen LogP contribution in [0.4, 0.5) is 0 Å². The normalized spacial score (nSPS) is 18.7. The molecular formula is C13H25NO2. The average Bonchev–Trinajstić information content (AvgIpc) is 2.27. The van der Waals surface area contributed by atoms with Crippen molar-refractivity contribution in [3.63, 3.8) is 0 Å². The molecule has 0 aromatic carbocycles. The molecule has 1 fully saturated rings. The van der Waals surface area contributed by atoms with Gasteiger partial charge < -0.3 is 4.74 Å². The average molecular weight is 227 g/mol. The molecule has 0 amide bonds. The lowest BCUT2D eigenvalue weighted by atomic mass is 9.82. The van der Waals surface area contributed by atoms with E-state index in [9.17, 15) is 4.79 Å². The van der Waals surface area contributed by atoms with Crippen LogP contribution in [0.15, 0.2) is 0 Å². The third-order valence-electron chi connectivity index (χ3n) is 3.39. The molecular weight excluding hydrogens is 202 g/mol. The monoisotopic (exact) mass is 227 g/mol. The van der Waals surface area contributed by atoms with E-state index in [1.807, 2.05) is 0 Å². The zero-order valence-electron chi connectivity index (χ0n) is 10.9. The molecule has 0 aromatic heterocycles.